The minimum absolute atomic E-state index is 0.212. The van der Waals surface area contributed by atoms with E-state index in [-0.39, 0.29) is 20.9 Å². The topological polar surface area (TPSA) is 25.8 Å². The maximum absolute atomic E-state index is 15.2. The van der Waals surface area contributed by atoms with Crippen LogP contribution in [0.25, 0.3) is 32.3 Å². The van der Waals surface area contributed by atoms with Gasteiger partial charge in [-0.3, -0.25) is 9.97 Å². The molecule has 180 valence electrons. The van der Waals surface area contributed by atoms with E-state index in [1.807, 2.05) is 0 Å². The van der Waals surface area contributed by atoms with Crippen LogP contribution in [0.15, 0.2) is 60.9 Å². The first-order valence-corrected chi connectivity index (χ1v) is 12.0. The third-order valence-electron chi connectivity index (χ3n) is 5.88. The Balaban J connectivity index is 1.78. The summed E-state index contributed by atoms with van der Waals surface area (Å²) in [5.41, 5.74) is -2.51. The summed E-state index contributed by atoms with van der Waals surface area (Å²) in [7, 11) is 0. The average Bonchev–Trinajstić information content (AvgIpc) is 3.42. The quantitative estimate of drug-likeness (QED) is 0.252. The fourth-order valence-corrected chi connectivity index (χ4v) is 6.17. The molecule has 5 rings (SSSR count). The normalized spacial score (nSPS) is 18.3. The average molecular weight is 523 g/mol. The van der Waals surface area contributed by atoms with E-state index in [1.54, 1.807) is 36.4 Å². The van der Waals surface area contributed by atoms with Crippen molar-refractivity contribution < 1.29 is 26.3 Å². The maximum Gasteiger partial charge on any atom is 0.380 e. The van der Waals surface area contributed by atoms with Gasteiger partial charge in [0, 0.05) is 33.3 Å². The van der Waals surface area contributed by atoms with Crippen molar-refractivity contribution in [3.63, 3.8) is 0 Å². The van der Waals surface area contributed by atoms with Crippen molar-refractivity contribution in [2.45, 2.75) is 31.6 Å². The number of nitrogens with zero attached hydrogens (tertiary/aromatic N) is 2. The Hall–Kier alpha value is -2.98. The number of aryl methyl sites for hydroxylation is 2. The van der Waals surface area contributed by atoms with Gasteiger partial charge in [0.15, 0.2) is 0 Å². The van der Waals surface area contributed by atoms with Crippen LogP contribution in [0, 0.1) is 13.8 Å². The summed E-state index contributed by atoms with van der Waals surface area (Å²) in [5, 5.41) is 0. The zero-order valence-corrected chi connectivity index (χ0v) is 19.9. The van der Waals surface area contributed by atoms with E-state index in [0.29, 0.717) is 21.1 Å². The van der Waals surface area contributed by atoms with Crippen LogP contribution in [0.1, 0.15) is 20.9 Å². The van der Waals surface area contributed by atoms with Gasteiger partial charge in [0.1, 0.15) is 0 Å². The Bertz CT molecular complexity index is 1330. The number of halogens is 6. The van der Waals surface area contributed by atoms with Crippen molar-refractivity contribution in [2.75, 3.05) is 0 Å². The molecule has 1 aliphatic rings. The first-order valence-electron chi connectivity index (χ1n) is 10.4. The number of aromatic nitrogens is 2. The molecule has 0 radical (unpaired) electrons. The van der Waals surface area contributed by atoms with Crippen molar-refractivity contribution in [2.24, 2.45) is 0 Å². The van der Waals surface area contributed by atoms with E-state index >= 15 is 17.6 Å². The molecule has 0 bridgehead atoms. The second-order valence-electron chi connectivity index (χ2n) is 8.06. The maximum atomic E-state index is 15.2. The number of alkyl halides is 6. The summed E-state index contributed by atoms with van der Waals surface area (Å²) < 4.78 is 90.5. The molecule has 0 aliphatic heterocycles. The third kappa shape index (κ3) is 3.45. The monoisotopic (exact) mass is 522 g/mol. The summed E-state index contributed by atoms with van der Waals surface area (Å²) >= 11 is 2.06. The smallest absolute Gasteiger partial charge is 0.255 e. The van der Waals surface area contributed by atoms with Crippen molar-refractivity contribution in [1.29, 1.82) is 0 Å². The van der Waals surface area contributed by atoms with Gasteiger partial charge < -0.3 is 0 Å². The number of pyridine rings is 2. The van der Waals surface area contributed by atoms with E-state index in [1.165, 1.54) is 38.4 Å². The summed E-state index contributed by atoms with van der Waals surface area (Å²) in [6.07, 6.45) is 2.99. The number of allylic oxidation sites excluding steroid dienone is 2. The fourth-order valence-electron chi connectivity index (χ4n) is 4.16. The molecular weight excluding hydrogens is 506 g/mol. The molecule has 0 unspecified atom stereocenters. The van der Waals surface area contributed by atoms with Crippen LogP contribution in [0.2, 0.25) is 0 Å². The minimum atomic E-state index is -5.61. The van der Waals surface area contributed by atoms with Crippen LogP contribution in [-0.4, -0.2) is 27.7 Å². The van der Waals surface area contributed by atoms with Gasteiger partial charge in [-0.05, 0) is 61.4 Å². The van der Waals surface area contributed by atoms with Gasteiger partial charge in [0.25, 0.3) is 0 Å². The highest BCUT2D eigenvalue weighted by Crippen LogP contribution is 2.66. The molecule has 0 fully saturated rings. The van der Waals surface area contributed by atoms with E-state index in [0.717, 1.165) is 22.7 Å². The lowest BCUT2D eigenvalue weighted by molar-refractivity contribution is -0.254. The lowest BCUT2D eigenvalue weighted by Crippen LogP contribution is -2.48. The molecule has 0 saturated carbocycles. The SMILES string of the molecule is Cc1sc(-c2ccccn2)cc1C1=C(c2cc(-c3ccccn3)sc2C)C(F)(F)C(F)(F)C1(F)F. The number of rotatable bonds is 4. The molecule has 0 N–H and O–H groups in total. The van der Waals surface area contributed by atoms with Crippen LogP contribution in [0.3, 0.4) is 0 Å². The predicted octanol–water partition coefficient (Wildman–Crippen LogP) is 8.38. The molecule has 0 spiro atoms. The molecule has 4 aromatic rings. The molecule has 0 saturated heterocycles. The molecule has 10 heteroatoms. The molecule has 0 atom stereocenters. The summed E-state index contributed by atoms with van der Waals surface area (Å²) in [5.74, 6) is -15.8. The first kappa shape index (κ1) is 23.7. The molecule has 0 amide bonds. The molecule has 0 aromatic carbocycles. The highest BCUT2D eigenvalue weighted by Gasteiger charge is 2.80. The zero-order valence-electron chi connectivity index (χ0n) is 18.3. The molecular formula is C25H16F6N2S2. The van der Waals surface area contributed by atoms with Gasteiger partial charge in [-0.2, -0.15) is 26.3 Å². The Morgan fingerprint density at radius 3 is 1.37 bits per heavy atom. The molecule has 2 nitrogen and oxygen atoms in total. The van der Waals surface area contributed by atoms with Crippen molar-refractivity contribution >= 4 is 33.8 Å². The highest BCUT2D eigenvalue weighted by atomic mass is 32.1. The van der Waals surface area contributed by atoms with Crippen LogP contribution in [0.4, 0.5) is 26.3 Å². The standard InChI is InChI=1S/C25H16F6N2S2/c1-13-15(11-19(34-13)17-7-3-5-9-32-17)21-22(24(28,29)25(30,31)23(21,26)27)16-12-20(35-14(16)2)18-8-4-6-10-33-18/h3-12H,1-2H3. The zero-order chi connectivity index (χ0) is 25.2. The molecule has 4 aromatic heterocycles. The van der Waals surface area contributed by atoms with Crippen molar-refractivity contribution in [1.82, 2.24) is 9.97 Å². The van der Waals surface area contributed by atoms with Gasteiger partial charge in [-0.15, -0.1) is 22.7 Å². The van der Waals surface area contributed by atoms with Gasteiger partial charge in [-0.1, -0.05) is 12.1 Å². The van der Waals surface area contributed by atoms with Crippen LogP contribution >= 0.6 is 22.7 Å². The molecule has 4 heterocycles. The Labute approximate surface area is 204 Å². The molecule has 35 heavy (non-hydrogen) atoms. The van der Waals surface area contributed by atoms with Crippen LogP contribution < -0.4 is 0 Å². The van der Waals surface area contributed by atoms with Gasteiger partial charge >= 0.3 is 17.8 Å². The van der Waals surface area contributed by atoms with Crippen molar-refractivity contribution in [3.8, 4) is 21.1 Å². The number of hydrogen-bond donors (Lipinski definition) is 0. The largest absolute Gasteiger partial charge is 0.380 e. The van der Waals surface area contributed by atoms with E-state index in [2.05, 4.69) is 9.97 Å². The van der Waals surface area contributed by atoms with Crippen LogP contribution in [-0.2, 0) is 0 Å². The fraction of sp³-hybridized carbons (Fsp3) is 0.200. The summed E-state index contributed by atoms with van der Waals surface area (Å²) in [6, 6.07) is 12.4. The van der Waals surface area contributed by atoms with Gasteiger partial charge in [0.2, 0.25) is 0 Å². The lowest BCUT2D eigenvalue weighted by atomic mass is 9.95. The third-order valence-corrected chi connectivity index (χ3v) is 8.02. The predicted molar refractivity (Wildman–Crippen MR) is 126 cm³/mol. The second kappa shape index (κ2) is 8.03. The number of thiophene rings is 2. The number of hydrogen-bond acceptors (Lipinski definition) is 4. The first-order chi connectivity index (χ1) is 16.5. The minimum Gasteiger partial charge on any atom is -0.255 e. The van der Waals surface area contributed by atoms with E-state index in [4.69, 9.17) is 0 Å². The van der Waals surface area contributed by atoms with E-state index in [9.17, 15) is 8.78 Å². The second-order valence-corrected chi connectivity index (χ2v) is 10.6. The highest BCUT2D eigenvalue weighted by molar-refractivity contribution is 7.16. The van der Waals surface area contributed by atoms with Crippen LogP contribution in [0.5, 0.6) is 0 Å². The van der Waals surface area contributed by atoms with Crippen molar-refractivity contribution in [3.05, 3.63) is 81.8 Å². The Morgan fingerprint density at radius 1 is 0.629 bits per heavy atom. The molecule has 1 aliphatic carbocycles. The summed E-state index contributed by atoms with van der Waals surface area (Å²) in [6.45, 7) is 2.89. The summed E-state index contributed by atoms with van der Waals surface area (Å²) in [4.78, 5) is 9.56. The van der Waals surface area contributed by atoms with Gasteiger partial charge in [-0.25, -0.2) is 0 Å². The Kier molecular flexibility index (Phi) is 5.45. The van der Waals surface area contributed by atoms with E-state index < -0.39 is 28.9 Å². The van der Waals surface area contributed by atoms with Gasteiger partial charge in [0.05, 0.1) is 21.1 Å². The Morgan fingerprint density at radius 2 is 1.03 bits per heavy atom. The lowest BCUT2D eigenvalue weighted by Gasteiger charge is -2.25.